The van der Waals surface area contributed by atoms with Crippen molar-refractivity contribution in [3.63, 3.8) is 0 Å². The fourth-order valence-corrected chi connectivity index (χ4v) is 1.51. The van der Waals surface area contributed by atoms with Gasteiger partial charge in [0, 0.05) is 12.6 Å². The molecule has 0 bridgehead atoms. The van der Waals surface area contributed by atoms with Crippen LogP contribution in [0.25, 0.3) is 0 Å². The number of amides is 1. The van der Waals surface area contributed by atoms with Crippen LogP contribution in [0.1, 0.15) is 19.4 Å². The van der Waals surface area contributed by atoms with Crippen LogP contribution in [0.5, 0.6) is 0 Å². The summed E-state index contributed by atoms with van der Waals surface area (Å²) in [5, 5.41) is 1.05. The number of hydrogen-bond acceptors (Lipinski definition) is 1. The van der Waals surface area contributed by atoms with Gasteiger partial charge in [0.15, 0.2) is 0 Å². The molecule has 1 amide bonds. The van der Waals surface area contributed by atoms with E-state index in [4.69, 9.17) is 23.2 Å². The highest BCUT2D eigenvalue weighted by Crippen LogP contribution is 2.23. The lowest BCUT2D eigenvalue weighted by Crippen LogP contribution is -2.28. The van der Waals surface area contributed by atoms with Crippen molar-refractivity contribution < 1.29 is 4.79 Å². The van der Waals surface area contributed by atoms with Crippen molar-refractivity contribution in [1.29, 1.82) is 0 Å². The van der Waals surface area contributed by atoms with Crippen LogP contribution in [0.15, 0.2) is 18.2 Å². The molecule has 0 atom stereocenters. The molecule has 82 valence electrons. The second-order valence-corrected chi connectivity index (χ2v) is 4.43. The molecule has 0 heterocycles. The van der Waals surface area contributed by atoms with Gasteiger partial charge in [0.1, 0.15) is 0 Å². The van der Waals surface area contributed by atoms with Crippen LogP contribution in [0.4, 0.5) is 0 Å². The van der Waals surface area contributed by atoms with Crippen molar-refractivity contribution in [2.24, 2.45) is 0 Å². The molecule has 0 unspecified atom stereocenters. The summed E-state index contributed by atoms with van der Waals surface area (Å²) >= 11 is 11.7. The molecule has 1 aromatic rings. The Bertz CT molecular complexity index is 352. The summed E-state index contributed by atoms with van der Waals surface area (Å²) in [4.78, 5) is 12.5. The molecule has 0 N–H and O–H groups in total. The second-order valence-electron chi connectivity index (χ2n) is 3.62. The third-order valence-electron chi connectivity index (χ3n) is 2.15. The predicted molar refractivity (Wildman–Crippen MR) is 63.2 cm³/mol. The molecule has 0 aromatic heterocycles. The molecule has 0 aliphatic rings. The van der Waals surface area contributed by atoms with E-state index in [1.165, 1.54) is 0 Å². The fourth-order valence-electron chi connectivity index (χ4n) is 1.19. The molecule has 0 spiro atoms. The average Bonchev–Trinajstić information content (AvgIpc) is 2.19. The van der Waals surface area contributed by atoms with Crippen molar-refractivity contribution in [2.45, 2.75) is 26.4 Å². The van der Waals surface area contributed by atoms with Gasteiger partial charge in [0.25, 0.3) is 0 Å². The summed E-state index contributed by atoms with van der Waals surface area (Å²) in [6, 6.07) is 5.57. The first-order valence-corrected chi connectivity index (χ1v) is 5.45. The molecule has 2 nitrogen and oxygen atoms in total. The highest BCUT2D eigenvalue weighted by atomic mass is 35.5. The van der Waals surface area contributed by atoms with Crippen LogP contribution in [-0.2, 0) is 11.3 Å². The molecule has 0 saturated heterocycles. The Balaban J connectivity index is 2.80. The van der Waals surface area contributed by atoms with Crippen molar-refractivity contribution in [3.05, 3.63) is 33.8 Å². The Labute approximate surface area is 99.8 Å². The van der Waals surface area contributed by atoms with E-state index in [1.54, 1.807) is 17.0 Å². The van der Waals surface area contributed by atoms with Crippen LogP contribution >= 0.6 is 23.2 Å². The van der Waals surface area contributed by atoms with Crippen molar-refractivity contribution in [2.75, 3.05) is 0 Å². The fraction of sp³-hybridized carbons (Fsp3) is 0.364. The Morgan fingerprint density at radius 2 is 2.00 bits per heavy atom. The molecule has 0 saturated carbocycles. The summed E-state index contributed by atoms with van der Waals surface area (Å²) in [6.45, 7) is 4.48. The van der Waals surface area contributed by atoms with Gasteiger partial charge in [-0.1, -0.05) is 29.3 Å². The molecular formula is C11H13Cl2NO. The quantitative estimate of drug-likeness (QED) is 0.746. The normalized spacial score (nSPS) is 10.5. The van der Waals surface area contributed by atoms with Gasteiger partial charge in [-0.2, -0.15) is 0 Å². The molecular weight excluding hydrogens is 233 g/mol. The maximum atomic E-state index is 10.8. The summed E-state index contributed by atoms with van der Waals surface area (Å²) in [6.07, 6.45) is 0.840. The molecule has 15 heavy (non-hydrogen) atoms. The maximum absolute atomic E-state index is 10.8. The molecule has 0 fully saturated rings. The number of rotatable bonds is 4. The van der Waals surface area contributed by atoms with Gasteiger partial charge in [-0.15, -0.1) is 0 Å². The van der Waals surface area contributed by atoms with Gasteiger partial charge < -0.3 is 4.90 Å². The molecule has 0 radical (unpaired) electrons. The van der Waals surface area contributed by atoms with Crippen LogP contribution in [0.3, 0.4) is 0 Å². The number of hydrogen-bond donors (Lipinski definition) is 0. The van der Waals surface area contributed by atoms with Crippen LogP contribution < -0.4 is 0 Å². The third kappa shape index (κ3) is 3.40. The first-order chi connectivity index (χ1) is 7.04. The number of carbonyl (C=O) groups is 1. The predicted octanol–water partition coefficient (Wildman–Crippen LogP) is 3.36. The maximum Gasteiger partial charge on any atom is 0.210 e. The summed E-state index contributed by atoms with van der Waals surface area (Å²) < 4.78 is 0. The highest BCUT2D eigenvalue weighted by molar-refractivity contribution is 6.42. The molecule has 0 aliphatic carbocycles. The standard InChI is InChI=1S/C11H13Cl2NO/c1-8(2)14(7-15)6-9-3-4-10(12)11(13)5-9/h3-5,7-8H,6H2,1-2H3. The van der Waals surface area contributed by atoms with Crippen molar-refractivity contribution in [1.82, 2.24) is 4.90 Å². The number of halogens is 2. The number of benzene rings is 1. The van der Waals surface area contributed by atoms with Gasteiger partial charge >= 0.3 is 0 Å². The lowest BCUT2D eigenvalue weighted by molar-refractivity contribution is -0.120. The van der Waals surface area contributed by atoms with Gasteiger partial charge in [0.2, 0.25) is 6.41 Å². The minimum atomic E-state index is 0.178. The van der Waals surface area contributed by atoms with E-state index in [0.29, 0.717) is 16.6 Å². The van der Waals surface area contributed by atoms with E-state index in [2.05, 4.69) is 0 Å². The smallest absolute Gasteiger partial charge is 0.210 e. The monoisotopic (exact) mass is 245 g/mol. The molecule has 1 rings (SSSR count). The Morgan fingerprint density at radius 3 is 2.47 bits per heavy atom. The topological polar surface area (TPSA) is 20.3 Å². The summed E-state index contributed by atoms with van der Waals surface area (Å²) in [5.74, 6) is 0. The third-order valence-corrected chi connectivity index (χ3v) is 2.89. The van der Waals surface area contributed by atoms with E-state index in [-0.39, 0.29) is 6.04 Å². The molecule has 4 heteroatoms. The summed E-state index contributed by atoms with van der Waals surface area (Å²) in [5.41, 5.74) is 0.977. The van der Waals surface area contributed by atoms with E-state index in [0.717, 1.165) is 12.0 Å². The largest absolute Gasteiger partial charge is 0.339 e. The summed E-state index contributed by atoms with van der Waals surface area (Å²) in [7, 11) is 0. The van der Waals surface area contributed by atoms with E-state index < -0.39 is 0 Å². The van der Waals surface area contributed by atoms with E-state index >= 15 is 0 Å². The minimum absolute atomic E-state index is 0.178. The zero-order chi connectivity index (χ0) is 11.4. The lowest BCUT2D eigenvalue weighted by atomic mass is 10.2. The van der Waals surface area contributed by atoms with Gasteiger partial charge in [0.05, 0.1) is 10.0 Å². The Hall–Kier alpha value is -0.730. The van der Waals surface area contributed by atoms with Gasteiger partial charge in [-0.25, -0.2) is 0 Å². The average molecular weight is 246 g/mol. The number of carbonyl (C=O) groups excluding carboxylic acids is 1. The van der Waals surface area contributed by atoms with E-state index in [9.17, 15) is 4.79 Å². The highest BCUT2D eigenvalue weighted by Gasteiger charge is 2.08. The van der Waals surface area contributed by atoms with Crippen molar-refractivity contribution in [3.8, 4) is 0 Å². The van der Waals surface area contributed by atoms with E-state index in [1.807, 2.05) is 19.9 Å². The zero-order valence-electron chi connectivity index (χ0n) is 8.71. The lowest BCUT2D eigenvalue weighted by Gasteiger charge is -2.21. The number of nitrogens with zero attached hydrogens (tertiary/aromatic N) is 1. The SMILES string of the molecule is CC(C)N(C=O)Cc1ccc(Cl)c(Cl)c1. The second kappa shape index (κ2) is 5.38. The Morgan fingerprint density at radius 1 is 1.33 bits per heavy atom. The van der Waals surface area contributed by atoms with Crippen LogP contribution in [-0.4, -0.2) is 17.4 Å². The zero-order valence-corrected chi connectivity index (χ0v) is 10.2. The Kier molecular flexibility index (Phi) is 4.43. The molecule has 1 aromatic carbocycles. The van der Waals surface area contributed by atoms with Gasteiger partial charge in [-0.3, -0.25) is 4.79 Å². The molecule has 0 aliphatic heterocycles. The van der Waals surface area contributed by atoms with Gasteiger partial charge in [-0.05, 0) is 31.5 Å². The first kappa shape index (κ1) is 12.3. The van der Waals surface area contributed by atoms with Crippen LogP contribution in [0.2, 0.25) is 10.0 Å². The minimum Gasteiger partial charge on any atom is -0.339 e. The first-order valence-electron chi connectivity index (χ1n) is 4.69. The van der Waals surface area contributed by atoms with Crippen LogP contribution in [0, 0.1) is 0 Å². The van der Waals surface area contributed by atoms with Crippen molar-refractivity contribution >= 4 is 29.6 Å².